The summed E-state index contributed by atoms with van der Waals surface area (Å²) in [6.07, 6.45) is 7.34. The molecule has 4 aliphatic rings. The summed E-state index contributed by atoms with van der Waals surface area (Å²) >= 11 is 0. The average Bonchev–Trinajstić information content (AvgIpc) is 2.59. The maximum Gasteiger partial charge on any atom is 0.240 e. The van der Waals surface area contributed by atoms with Crippen molar-refractivity contribution in [3.63, 3.8) is 0 Å². The number of carbonyl (C=O) groups excluding carboxylic acids is 2. The van der Waals surface area contributed by atoms with Crippen molar-refractivity contribution in [3.05, 3.63) is 35.4 Å². The SMILES string of the molecule is CC(C)(C)c1ccc(C[C@@H](NC(=O)C23CC4CC(CC(C4)C2)C3)C(N)=O)cc1. The van der Waals surface area contributed by atoms with Gasteiger partial charge in [-0.2, -0.15) is 0 Å². The number of nitrogens with one attached hydrogen (secondary N) is 1. The van der Waals surface area contributed by atoms with Crippen LogP contribution in [0, 0.1) is 23.2 Å². The van der Waals surface area contributed by atoms with Gasteiger partial charge in [-0.3, -0.25) is 9.59 Å². The molecule has 4 heteroatoms. The highest BCUT2D eigenvalue weighted by Gasteiger charge is 2.54. The van der Waals surface area contributed by atoms with E-state index < -0.39 is 11.9 Å². The Labute approximate surface area is 168 Å². The summed E-state index contributed by atoms with van der Waals surface area (Å²) in [7, 11) is 0. The van der Waals surface area contributed by atoms with Crippen molar-refractivity contribution in [2.24, 2.45) is 28.9 Å². The molecule has 0 saturated heterocycles. The highest BCUT2D eigenvalue weighted by atomic mass is 16.2. The molecular formula is C24H34N2O2. The van der Waals surface area contributed by atoms with Crippen molar-refractivity contribution in [1.29, 1.82) is 0 Å². The van der Waals surface area contributed by atoms with E-state index in [9.17, 15) is 9.59 Å². The van der Waals surface area contributed by atoms with Crippen LogP contribution in [0.4, 0.5) is 0 Å². The normalized spacial score (nSPS) is 32.2. The summed E-state index contributed by atoms with van der Waals surface area (Å²) in [4.78, 5) is 25.4. The molecule has 4 aliphatic carbocycles. The second kappa shape index (κ2) is 6.89. The fourth-order valence-corrected chi connectivity index (χ4v) is 6.30. The lowest BCUT2D eigenvalue weighted by Crippen LogP contribution is -2.57. The number of rotatable bonds is 5. The number of benzene rings is 1. The number of amides is 2. The lowest BCUT2D eigenvalue weighted by molar-refractivity contribution is -0.148. The van der Waals surface area contributed by atoms with E-state index in [2.05, 4.69) is 38.2 Å². The zero-order chi connectivity index (χ0) is 20.1. The van der Waals surface area contributed by atoms with Crippen LogP contribution in [-0.2, 0) is 21.4 Å². The molecule has 4 nitrogen and oxygen atoms in total. The molecule has 0 unspecified atom stereocenters. The first-order valence-corrected chi connectivity index (χ1v) is 10.8. The quantitative estimate of drug-likeness (QED) is 0.815. The predicted molar refractivity (Wildman–Crippen MR) is 111 cm³/mol. The molecule has 0 aliphatic heterocycles. The summed E-state index contributed by atoms with van der Waals surface area (Å²) in [5.41, 5.74) is 7.79. The van der Waals surface area contributed by atoms with Gasteiger partial charge in [-0.1, -0.05) is 45.0 Å². The molecule has 1 aromatic rings. The molecule has 5 rings (SSSR count). The average molecular weight is 383 g/mol. The van der Waals surface area contributed by atoms with Gasteiger partial charge in [-0.25, -0.2) is 0 Å². The summed E-state index contributed by atoms with van der Waals surface area (Å²) in [6.45, 7) is 6.54. The van der Waals surface area contributed by atoms with Gasteiger partial charge in [0.15, 0.2) is 0 Å². The van der Waals surface area contributed by atoms with Crippen LogP contribution in [0.1, 0.15) is 70.4 Å². The monoisotopic (exact) mass is 382 g/mol. The molecule has 3 N–H and O–H groups in total. The van der Waals surface area contributed by atoms with Gasteiger partial charge >= 0.3 is 0 Å². The van der Waals surface area contributed by atoms with Crippen LogP contribution in [-0.4, -0.2) is 17.9 Å². The smallest absolute Gasteiger partial charge is 0.240 e. The number of primary amides is 1. The molecule has 28 heavy (non-hydrogen) atoms. The van der Waals surface area contributed by atoms with E-state index in [-0.39, 0.29) is 16.7 Å². The first-order chi connectivity index (χ1) is 13.1. The van der Waals surface area contributed by atoms with Crippen molar-refractivity contribution in [2.75, 3.05) is 0 Å². The van der Waals surface area contributed by atoms with Crippen LogP contribution in [0.25, 0.3) is 0 Å². The first-order valence-electron chi connectivity index (χ1n) is 10.8. The Balaban J connectivity index is 1.45. The topological polar surface area (TPSA) is 72.2 Å². The Morgan fingerprint density at radius 2 is 1.54 bits per heavy atom. The molecule has 0 aromatic heterocycles. The second-order valence-electron chi connectivity index (χ2n) is 10.8. The maximum atomic E-state index is 13.3. The molecule has 152 valence electrons. The Hall–Kier alpha value is -1.84. The van der Waals surface area contributed by atoms with Gasteiger partial charge in [0, 0.05) is 11.8 Å². The third-order valence-corrected chi connectivity index (χ3v) is 7.43. The third-order valence-electron chi connectivity index (χ3n) is 7.43. The molecule has 4 saturated carbocycles. The van der Waals surface area contributed by atoms with Gasteiger partial charge in [0.1, 0.15) is 6.04 Å². The zero-order valence-corrected chi connectivity index (χ0v) is 17.5. The maximum absolute atomic E-state index is 13.3. The largest absolute Gasteiger partial charge is 0.368 e. The van der Waals surface area contributed by atoms with E-state index >= 15 is 0 Å². The summed E-state index contributed by atoms with van der Waals surface area (Å²) < 4.78 is 0. The van der Waals surface area contributed by atoms with E-state index in [0.29, 0.717) is 24.2 Å². The Bertz CT molecular complexity index is 725. The third kappa shape index (κ3) is 3.70. The Kier molecular flexibility index (Phi) is 4.79. The number of hydrogen-bond donors (Lipinski definition) is 2. The van der Waals surface area contributed by atoms with Crippen LogP contribution >= 0.6 is 0 Å². The van der Waals surface area contributed by atoms with E-state index in [0.717, 1.165) is 24.8 Å². The Morgan fingerprint density at radius 3 is 1.96 bits per heavy atom. The second-order valence-corrected chi connectivity index (χ2v) is 10.8. The van der Waals surface area contributed by atoms with Gasteiger partial charge in [0.05, 0.1) is 0 Å². The standard InChI is InChI=1S/C24H34N2O2/c1-23(2,3)19-6-4-15(5-7-19)11-20(21(25)27)26-22(28)24-12-16-8-17(13-24)10-18(9-16)14-24/h4-7,16-18,20H,8-14H2,1-3H3,(H2,25,27)(H,26,28)/t16?,17?,18?,20-,24?/m1/s1. The minimum Gasteiger partial charge on any atom is -0.368 e. The fourth-order valence-electron chi connectivity index (χ4n) is 6.30. The molecule has 1 aromatic carbocycles. The van der Waals surface area contributed by atoms with Crippen LogP contribution in [0.3, 0.4) is 0 Å². The lowest BCUT2D eigenvalue weighted by atomic mass is 9.49. The van der Waals surface area contributed by atoms with Crippen LogP contribution in [0.5, 0.6) is 0 Å². The summed E-state index contributed by atoms with van der Waals surface area (Å²) in [5, 5.41) is 3.05. The highest BCUT2D eigenvalue weighted by Crippen LogP contribution is 2.60. The van der Waals surface area contributed by atoms with Crippen molar-refractivity contribution in [2.45, 2.75) is 77.2 Å². The summed E-state index contributed by atoms with van der Waals surface area (Å²) in [5.74, 6) is 1.73. The first kappa shape index (κ1) is 19.5. The summed E-state index contributed by atoms with van der Waals surface area (Å²) in [6, 6.07) is 7.67. The highest BCUT2D eigenvalue weighted by molar-refractivity contribution is 5.89. The number of hydrogen-bond acceptors (Lipinski definition) is 2. The van der Waals surface area contributed by atoms with Gasteiger partial charge < -0.3 is 11.1 Å². The number of nitrogens with two attached hydrogens (primary N) is 1. The molecule has 0 heterocycles. The molecule has 4 bridgehead atoms. The lowest BCUT2D eigenvalue weighted by Gasteiger charge is -2.55. The van der Waals surface area contributed by atoms with Crippen LogP contribution in [0.2, 0.25) is 0 Å². The minimum atomic E-state index is -0.638. The van der Waals surface area contributed by atoms with Gasteiger partial charge in [0.2, 0.25) is 11.8 Å². The molecule has 0 radical (unpaired) electrons. The van der Waals surface area contributed by atoms with Crippen molar-refractivity contribution in [1.82, 2.24) is 5.32 Å². The van der Waals surface area contributed by atoms with Crippen LogP contribution < -0.4 is 11.1 Å². The molecule has 0 spiro atoms. The Morgan fingerprint density at radius 1 is 1.04 bits per heavy atom. The van der Waals surface area contributed by atoms with Gasteiger partial charge in [-0.15, -0.1) is 0 Å². The van der Waals surface area contributed by atoms with Crippen molar-refractivity contribution < 1.29 is 9.59 Å². The van der Waals surface area contributed by atoms with Crippen LogP contribution in [0.15, 0.2) is 24.3 Å². The molecule has 1 atom stereocenters. The van der Waals surface area contributed by atoms with E-state index in [1.807, 2.05) is 12.1 Å². The molecular weight excluding hydrogens is 348 g/mol. The van der Waals surface area contributed by atoms with Gasteiger partial charge in [-0.05, 0) is 72.8 Å². The predicted octanol–water partition coefficient (Wildman–Crippen LogP) is 3.71. The zero-order valence-electron chi connectivity index (χ0n) is 17.5. The minimum absolute atomic E-state index is 0.0710. The number of carbonyl (C=O) groups is 2. The van der Waals surface area contributed by atoms with E-state index in [1.54, 1.807) is 0 Å². The van der Waals surface area contributed by atoms with Gasteiger partial charge in [0.25, 0.3) is 0 Å². The van der Waals surface area contributed by atoms with Crippen molar-refractivity contribution >= 4 is 11.8 Å². The molecule has 2 amide bonds. The van der Waals surface area contributed by atoms with Crippen molar-refractivity contribution in [3.8, 4) is 0 Å². The van der Waals surface area contributed by atoms with E-state index in [4.69, 9.17) is 5.73 Å². The molecule has 4 fully saturated rings. The fraction of sp³-hybridized carbons (Fsp3) is 0.667. The van der Waals surface area contributed by atoms with E-state index in [1.165, 1.54) is 24.8 Å².